The molecular weight excluding hydrogens is 1150 g/mol. The van der Waals surface area contributed by atoms with E-state index in [0.717, 1.165) is 20.8 Å². The van der Waals surface area contributed by atoms with Crippen LogP contribution in [0.25, 0.3) is 0 Å². The van der Waals surface area contributed by atoms with Crippen LogP contribution in [0.15, 0.2) is 0 Å². The zero-order chi connectivity index (χ0) is 61.6. The van der Waals surface area contributed by atoms with Gasteiger partial charge in [-0.15, -0.1) is 0 Å². The van der Waals surface area contributed by atoms with Gasteiger partial charge in [-0.25, -0.2) is 30.1 Å². The molecule has 30 atom stereocenters. The van der Waals surface area contributed by atoms with E-state index in [9.17, 15) is 106 Å². The van der Waals surface area contributed by atoms with Crippen LogP contribution in [0.5, 0.6) is 0 Å². The number of carboxylic acids is 2. The molecule has 6 fully saturated rings. The molecule has 0 bridgehead atoms. The van der Waals surface area contributed by atoms with Crippen LogP contribution in [0.2, 0.25) is 0 Å². The number of amides is 3. The molecule has 0 saturated carbocycles. The number of quaternary nitrogens is 1. The second-order valence-electron chi connectivity index (χ2n) is 19.5. The Morgan fingerprint density at radius 3 is 1.28 bits per heavy atom. The molecule has 0 unspecified atom stereocenters. The van der Waals surface area contributed by atoms with Crippen molar-refractivity contribution in [1.29, 1.82) is 0 Å². The first-order chi connectivity index (χ1) is 39.2. The Morgan fingerprint density at radius 1 is 0.434 bits per heavy atom. The quantitative estimate of drug-likeness (QED) is 0.0353. The number of aliphatic carboxylic acids is 2. The minimum absolute atomic E-state index is 0.800. The molecule has 6 aliphatic rings. The number of carboxylic acid groups (broad SMARTS) is 2. The van der Waals surface area contributed by atoms with Crippen molar-refractivity contribution < 1.29 is 183 Å². The lowest BCUT2D eigenvalue weighted by Crippen LogP contribution is -2.72. The van der Waals surface area contributed by atoms with E-state index >= 15 is 0 Å². The molecule has 476 valence electrons. The average molecular weight is 1220 g/mol. The van der Waals surface area contributed by atoms with Gasteiger partial charge in [0.15, 0.2) is 62.2 Å². The first-order valence-electron chi connectivity index (χ1n) is 24.9. The molecule has 0 spiro atoms. The van der Waals surface area contributed by atoms with Crippen molar-refractivity contribution in [3.63, 3.8) is 0 Å². The molecule has 6 heterocycles. The number of aliphatic hydroxyl groups excluding tert-OH is 11. The fourth-order valence-corrected chi connectivity index (χ4v) is 10.1. The Kier molecular flexibility index (Phi) is 24.0. The number of rotatable bonds is 22. The van der Waals surface area contributed by atoms with Gasteiger partial charge in [-0.1, -0.05) is 0 Å². The van der Waals surface area contributed by atoms with Gasteiger partial charge in [-0.05, 0) is 0 Å². The SMILES string of the molecule is CC(=O)N[C@@H]1[C@@H](O[C@@H]2O[C@H](C(=O)O)[C@@H](O[C@@H]3O[C@H](CO)[C@@H](O)[C@H](O[C@@H]4O[C@H](C(=O)O[NH3+])[C@@H](O[C@@H]5O[C@H](CO)[C@@H](OO)[C@H](O[C@@H]6O[C@H](C(=O)O)[C@H](OO)[C@H](O)[C@H]6O)[C@H]5NC(C)=O)[C@H](O)[C@H]4O)[C@H]3NC(C)=O)[C@H](ON)[C@H]2O)[C@H](O)[C@@H](CO)O[C@H]1O. The summed E-state index contributed by atoms with van der Waals surface area (Å²) in [6, 6.07) is -5.59. The zero-order valence-corrected chi connectivity index (χ0v) is 43.5. The van der Waals surface area contributed by atoms with E-state index in [-0.39, 0.29) is 0 Å². The molecular formula is C42H68N5O36+. The van der Waals surface area contributed by atoms with Gasteiger partial charge in [0.05, 0.1) is 19.8 Å². The van der Waals surface area contributed by atoms with Gasteiger partial charge in [-0.2, -0.15) is 5.90 Å². The molecule has 6 saturated heterocycles. The highest BCUT2D eigenvalue weighted by Gasteiger charge is 2.61. The first kappa shape index (κ1) is 67.8. The third kappa shape index (κ3) is 14.7. The predicted molar refractivity (Wildman–Crippen MR) is 243 cm³/mol. The number of carbonyl (C=O) groups is 6. The van der Waals surface area contributed by atoms with Crippen LogP contribution < -0.4 is 27.7 Å². The molecule has 0 radical (unpaired) electrons. The first-order valence-corrected chi connectivity index (χ1v) is 24.9. The monoisotopic (exact) mass is 1220 g/mol. The van der Waals surface area contributed by atoms with E-state index in [1.807, 2.05) is 0 Å². The standard InChI is InChI=1S/C42H67N5O36/c1-7(51)45-13-24(16(54)10(4-48)69-36(13)65)72-42-22(60)28(80-43)30(32(78-42)35(63)64)76-38-14(46-8(2)52)25(17(55)11(5-49)70-38)73-40-20(58)18(56)27(33(79-40)37(66)81-44)75-39-15(47-9(3)53)26(23(82-67)12(6-50)71-39)74-41-21(59)19(57)29(83-68)31(77-41)34(61)62/h10-33,36,38-42,48-50,54-60,65H,4-6,43H2,1-3,44H3,(H6-,45,46,47,51,52,53,61,62,63,64,67,68)/p+1/t10-,11-,12-,13-,14-,15-,16-,17-,18-,19-,20-,21-,22-,23-,24-,25-,26-,27+,28-,29-,30+,31+,32+,33+,36-,38+,39+,40-,41-,42-/m1/s1. The molecule has 41 nitrogen and oxygen atoms in total. The third-order valence-corrected chi connectivity index (χ3v) is 14.0. The summed E-state index contributed by atoms with van der Waals surface area (Å²) < 4.78 is 62.5. The van der Waals surface area contributed by atoms with Crippen molar-refractivity contribution in [2.45, 2.75) is 205 Å². The lowest BCUT2D eigenvalue weighted by Gasteiger charge is -2.50. The van der Waals surface area contributed by atoms with E-state index in [0.29, 0.717) is 0 Å². The smallest absolute Gasteiger partial charge is 0.397 e. The van der Waals surface area contributed by atoms with Gasteiger partial charge in [0.25, 0.3) is 0 Å². The molecule has 6 aliphatic heterocycles. The summed E-state index contributed by atoms with van der Waals surface area (Å²) in [6.45, 7) is -0.386. The molecule has 3 amide bonds. The molecule has 23 N–H and O–H groups in total. The fourth-order valence-electron chi connectivity index (χ4n) is 10.1. The maximum Gasteiger partial charge on any atom is 0.397 e. The van der Waals surface area contributed by atoms with Gasteiger partial charge in [0.1, 0.15) is 122 Å². The molecule has 0 aromatic rings. The van der Waals surface area contributed by atoms with Crippen LogP contribution in [0, 0.1) is 0 Å². The van der Waals surface area contributed by atoms with E-state index in [1.165, 1.54) is 0 Å². The Balaban J connectivity index is 1.28. The second-order valence-corrected chi connectivity index (χ2v) is 19.5. The molecule has 0 aromatic heterocycles. The van der Waals surface area contributed by atoms with Crippen molar-refractivity contribution in [1.82, 2.24) is 16.0 Å². The summed E-state index contributed by atoms with van der Waals surface area (Å²) >= 11 is 0. The van der Waals surface area contributed by atoms with Crippen LogP contribution in [-0.2, 0) is 100 Å². The average Bonchev–Trinajstić information content (AvgIpc) is 2.38. The summed E-state index contributed by atoms with van der Waals surface area (Å²) in [6.07, 6.45) is -58.2. The second kappa shape index (κ2) is 29.4. The van der Waals surface area contributed by atoms with Crippen LogP contribution in [-0.4, -0.2) is 316 Å². The molecule has 6 rings (SSSR count). The highest BCUT2D eigenvalue weighted by atomic mass is 17.1. The molecule has 41 heteroatoms. The lowest BCUT2D eigenvalue weighted by atomic mass is 9.93. The number of carbonyl (C=O) groups excluding carboxylic acids is 4. The highest BCUT2D eigenvalue weighted by Crippen LogP contribution is 2.38. The predicted octanol–water partition coefficient (Wildman–Crippen LogP) is -13.9. The minimum atomic E-state index is -2.50. The minimum Gasteiger partial charge on any atom is -0.479 e. The van der Waals surface area contributed by atoms with E-state index in [1.54, 1.807) is 0 Å². The van der Waals surface area contributed by atoms with Crippen LogP contribution >= 0.6 is 0 Å². The van der Waals surface area contributed by atoms with Gasteiger partial charge in [0.2, 0.25) is 17.7 Å². The molecule has 0 aliphatic carbocycles. The number of aliphatic hydroxyl groups is 11. The van der Waals surface area contributed by atoms with Gasteiger partial charge in [-0.3, -0.25) is 34.6 Å². The van der Waals surface area contributed by atoms with Gasteiger partial charge >= 0.3 is 17.9 Å². The van der Waals surface area contributed by atoms with Crippen molar-refractivity contribution in [2.75, 3.05) is 19.8 Å². The number of ether oxygens (including phenoxy) is 11. The van der Waals surface area contributed by atoms with E-state index in [2.05, 4.69) is 36.5 Å². The van der Waals surface area contributed by atoms with Crippen molar-refractivity contribution in [3.8, 4) is 0 Å². The van der Waals surface area contributed by atoms with Crippen molar-refractivity contribution in [3.05, 3.63) is 0 Å². The van der Waals surface area contributed by atoms with E-state index < -0.39 is 239 Å². The van der Waals surface area contributed by atoms with Gasteiger partial charge in [0, 0.05) is 20.8 Å². The summed E-state index contributed by atoms with van der Waals surface area (Å²) in [7, 11) is 0. The number of hydrogen-bond acceptors (Lipinski definition) is 35. The third-order valence-electron chi connectivity index (χ3n) is 14.0. The Bertz CT molecular complexity index is 2200. The molecule has 0 aromatic carbocycles. The summed E-state index contributed by atoms with van der Waals surface area (Å²) in [5.74, 6) is 0.476. The van der Waals surface area contributed by atoms with Crippen molar-refractivity contribution >= 4 is 35.6 Å². The van der Waals surface area contributed by atoms with Crippen molar-refractivity contribution in [2.24, 2.45) is 5.90 Å². The fraction of sp³-hybridized carbons (Fsp3) is 0.857. The zero-order valence-electron chi connectivity index (χ0n) is 43.5. The van der Waals surface area contributed by atoms with Crippen LogP contribution in [0.3, 0.4) is 0 Å². The number of hydrogen-bond donors (Lipinski definition) is 20. The highest BCUT2D eigenvalue weighted by molar-refractivity contribution is 5.76. The summed E-state index contributed by atoms with van der Waals surface area (Å²) in [5, 5.41) is 167. The maximum absolute atomic E-state index is 13.5. The van der Waals surface area contributed by atoms with Gasteiger partial charge < -0.3 is 134 Å². The lowest BCUT2D eigenvalue weighted by molar-refractivity contribution is -0.659. The van der Waals surface area contributed by atoms with Crippen LogP contribution in [0.1, 0.15) is 20.8 Å². The Hall–Kier alpha value is -4.34. The summed E-state index contributed by atoms with van der Waals surface area (Å²) in [5.41, 5.74) is 0. The normalized spacial score (nSPS) is 44.9. The Labute approximate surface area is 464 Å². The number of nitrogens with one attached hydrogen (secondary N) is 3. The summed E-state index contributed by atoms with van der Waals surface area (Å²) in [4.78, 5) is 94.1. The topological polar surface area (TPSA) is 634 Å². The largest absolute Gasteiger partial charge is 0.479 e. The number of nitrogens with two attached hydrogens (primary N) is 1. The molecule has 83 heavy (non-hydrogen) atoms. The van der Waals surface area contributed by atoms with Crippen LogP contribution in [0.4, 0.5) is 0 Å². The Morgan fingerprint density at radius 2 is 0.819 bits per heavy atom. The maximum atomic E-state index is 13.5. The van der Waals surface area contributed by atoms with E-state index in [4.69, 9.17) is 62.8 Å².